The molecule has 0 aromatic carbocycles. The van der Waals surface area contributed by atoms with Crippen LogP contribution in [0, 0.1) is 6.92 Å². The van der Waals surface area contributed by atoms with Crippen molar-refractivity contribution in [1.29, 1.82) is 0 Å². The van der Waals surface area contributed by atoms with Crippen molar-refractivity contribution in [3.8, 4) is 11.3 Å². The van der Waals surface area contributed by atoms with Gasteiger partial charge in [0.05, 0.1) is 5.69 Å². The Labute approximate surface area is 127 Å². The predicted molar refractivity (Wildman–Crippen MR) is 84.7 cm³/mol. The lowest BCUT2D eigenvalue weighted by molar-refractivity contribution is 0.425. The minimum atomic E-state index is 0.745. The van der Waals surface area contributed by atoms with Gasteiger partial charge in [-0.25, -0.2) is 9.97 Å². The number of halogens is 1. The maximum atomic E-state index is 4.47. The third-order valence-corrected chi connectivity index (χ3v) is 3.14. The van der Waals surface area contributed by atoms with E-state index in [2.05, 4.69) is 41.1 Å². The fourth-order valence-electron chi connectivity index (χ4n) is 1.77. The van der Waals surface area contributed by atoms with Crippen LogP contribution in [0.2, 0.25) is 0 Å². The largest absolute Gasteiger partial charge is 0.369 e. The number of likely N-dealkylation sites (N-methyl/N-ethyl adjacent to an activating group) is 1. The quantitative estimate of drug-likeness (QED) is 0.910. The number of nitrogens with one attached hydrogen (secondary N) is 1. The molecule has 1 N–H and O–H groups in total. The summed E-state index contributed by atoms with van der Waals surface area (Å²) in [7, 11) is 4.09. The van der Waals surface area contributed by atoms with Gasteiger partial charge in [-0.15, -0.1) is 0 Å². The summed E-state index contributed by atoms with van der Waals surface area (Å²) in [5.41, 5.74) is 1.85. The van der Waals surface area contributed by atoms with Crippen molar-refractivity contribution in [1.82, 2.24) is 19.9 Å². The SMILES string of the molecule is Cc1nc(NCCN(C)C)cc(-c2cncc(Br)c2)n1. The number of rotatable bonds is 5. The summed E-state index contributed by atoms with van der Waals surface area (Å²) in [5.74, 6) is 1.59. The number of anilines is 1. The Morgan fingerprint density at radius 3 is 2.70 bits per heavy atom. The summed E-state index contributed by atoms with van der Waals surface area (Å²) in [6, 6.07) is 3.95. The number of nitrogens with zero attached hydrogens (tertiary/aromatic N) is 4. The zero-order chi connectivity index (χ0) is 14.5. The molecule has 0 aliphatic carbocycles. The first-order chi connectivity index (χ1) is 9.54. The molecule has 0 bridgehead atoms. The molecular formula is C14H18BrN5. The van der Waals surface area contributed by atoms with Crippen LogP contribution in [-0.4, -0.2) is 47.0 Å². The van der Waals surface area contributed by atoms with Gasteiger partial charge in [-0.2, -0.15) is 0 Å². The third-order valence-electron chi connectivity index (χ3n) is 2.70. The highest BCUT2D eigenvalue weighted by Crippen LogP contribution is 2.21. The zero-order valence-electron chi connectivity index (χ0n) is 11.9. The molecule has 0 saturated heterocycles. The lowest BCUT2D eigenvalue weighted by Gasteiger charge is -2.12. The van der Waals surface area contributed by atoms with Crippen LogP contribution < -0.4 is 5.32 Å². The van der Waals surface area contributed by atoms with Gasteiger partial charge in [0.1, 0.15) is 11.6 Å². The summed E-state index contributed by atoms with van der Waals surface area (Å²) in [6.07, 6.45) is 3.56. The standard InChI is InChI=1S/C14H18BrN5/c1-10-18-13(11-6-12(15)9-16-8-11)7-14(19-10)17-4-5-20(2)3/h6-9H,4-5H2,1-3H3,(H,17,18,19). The molecule has 20 heavy (non-hydrogen) atoms. The molecule has 0 aliphatic heterocycles. The molecule has 0 fully saturated rings. The molecule has 2 rings (SSSR count). The number of pyridine rings is 1. The average Bonchev–Trinajstić information content (AvgIpc) is 2.37. The van der Waals surface area contributed by atoms with Gasteiger partial charge in [-0.05, 0) is 43.0 Å². The van der Waals surface area contributed by atoms with Crippen molar-refractivity contribution >= 4 is 21.7 Å². The minimum Gasteiger partial charge on any atom is -0.369 e. The monoisotopic (exact) mass is 335 g/mol. The summed E-state index contributed by atoms with van der Waals surface area (Å²) >= 11 is 3.43. The van der Waals surface area contributed by atoms with Crippen molar-refractivity contribution in [3.05, 3.63) is 34.8 Å². The van der Waals surface area contributed by atoms with Crippen LogP contribution in [-0.2, 0) is 0 Å². The Kier molecular flexibility index (Phi) is 5.03. The van der Waals surface area contributed by atoms with E-state index in [-0.39, 0.29) is 0 Å². The second-order valence-electron chi connectivity index (χ2n) is 4.81. The Morgan fingerprint density at radius 1 is 1.20 bits per heavy atom. The maximum absolute atomic E-state index is 4.47. The van der Waals surface area contributed by atoms with Gasteiger partial charge in [-0.3, -0.25) is 4.98 Å². The Bertz CT molecular complexity index is 586. The van der Waals surface area contributed by atoms with Crippen molar-refractivity contribution in [2.75, 3.05) is 32.5 Å². The summed E-state index contributed by atoms with van der Waals surface area (Å²) < 4.78 is 0.938. The number of hydrogen-bond acceptors (Lipinski definition) is 5. The van der Waals surface area contributed by atoms with Gasteiger partial charge in [-0.1, -0.05) is 0 Å². The molecule has 5 nitrogen and oxygen atoms in total. The summed E-state index contributed by atoms with van der Waals surface area (Å²) in [5, 5.41) is 3.32. The van der Waals surface area contributed by atoms with E-state index >= 15 is 0 Å². The first kappa shape index (κ1) is 14.9. The van der Waals surface area contributed by atoms with E-state index in [1.165, 1.54) is 0 Å². The van der Waals surface area contributed by atoms with Crippen LogP contribution in [0.1, 0.15) is 5.82 Å². The summed E-state index contributed by atoms with van der Waals surface area (Å²) in [6.45, 7) is 3.70. The predicted octanol–water partition coefficient (Wildman–Crippen LogP) is 2.58. The fraction of sp³-hybridized carbons (Fsp3) is 0.357. The Hall–Kier alpha value is -1.53. The van der Waals surface area contributed by atoms with Crippen LogP contribution >= 0.6 is 15.9 Å². The molecule has 0 saturated carbocycles. The lowest BCUT2D eigenvalue weighted by Crippen LogP contribution is -2.21. The molecule has 6 heteroatoms. The highest BCUT2D eigenvalue weighted by atomic mass is 79.9. The third kappa shape index (κ3) is 4.25. The first-order valence-electron chi connectivity index (χ1n) is 6.40. The van der Waals surface area contributed by atoms with E-state index < -0.39 is 0 Å². The van der Waals surface area contributed by atoms with E-state index in [9.17, 15) is 0 Å². The average molecular weight is 336 g/mol. The smallest absolute Gasteiger partial charge is 0.130 e. The minimum absolute atomic E-state index is 0.745. The van der Waals surface area contributed by atoms with Crippen LogP contribution in [0.15, 0.2) is 29.0 Å². The maximum Gasteiger partial charge on any atom is 0.130 e. The normalized spacial score (nSPS) is 10.8. The fourth-order valence-corrected chi connectivity index (χ4v) is 2.13. The molecule has 0 spiro atoms. The molecule has 0 unspecified atom stereocenters. The highest BCUT2D eigenvalue weighted by molar-refractivity contribution is 9.10. The van der Waals surface area contributed by atoms with Crippen LogP contribution in [0.4, 0.5) is 5.82 Å². The van der Waals surface area contributed by atoms with E-state index in [1.807, 2.05) is 33.2 Å². The Balaban J connectivity index is 2.20. The second kappa shape index (κ2) is 6.76. The van der Waals surface area contributed by atoms with Crippen LogP contribution in [0.3, 0.4) is 0 Å². The van der Waals surface area contributed by atoms with Gasteiger partial charge < -0.3 is 10.2 Å². The Morgan fingerprint density at radius 2 is 2.00 bits per heavy atom. The lowest BCUT2D eigenvalue weighted by atomic mass is 10.2. The highest BCUT2D eigenvalue weighted by Gasteiger charge is 2.05. The van der Waals surface area contributed by atoms with Crippen molar-refractivity contribution in [3.63, 3.8) is 0 Å². The molecular weight excluding hydrogens is 318 g/mol. The van der Waals surface area contributed by atoms with Gasteiger partial charge in [0.15, 0.2) is 0 Å². The second-order valence-corrected chi connectivity index (χ2v) is 5.72. The molecule has 0 radical (unpaired) electrons. The topological polar surface area (TPSA) is 53.9 Å². The zero-order valence-corrected chi connectivity index (χ0v) is 13.5. The first-order valence-corrected chi connectivity index (χ1v) is 7.19. The van der Waals surface area contributed by atoms with E-state index in [0.29, 0.717) is 0 Å². The van der Waals surface area contributed by atoms with E-state index in [1.54, 1.807) is 12.4 Å². The van der Waals surface area contributed by atoms with E-state index in [4.69, 9.17) is 0 Å². The van der Waals surface area contributed by atoms with Gasteiger partial charge in [0.2, 0.25) is 0 Å². The molecule has 0 amide bonds. The van der Waals surface area contributed by atoms with Gasteiger partial charge in [0.25, 0.3) is 0 Å². The van der Waals surface area contributed by atoms with Gasteiger partial charge in [0, 0.05) is 41.6 Å². The van der Waals surface area contributed by atoms with Crippen molar-refractivity contribution in [2.24, 2.45) is 0 Å². The van der Waals surface area contributed by atoms with Gasteiger partial charge >= 0.3 is 0 Å². The molecule has 2 aromatic rings. The molecule has 2 aromatic heterocycles. The number of aryl methyl sites for hydroxylation is 1. The molecule has 2 heterocycles. The van der Waals surface area contributed by atoms with Crippen molar-refractivity contribution in [2.45, 2.75) is 6.92 Å². The van der Waals surface area contributed by atoms with Crippen LogP contribution in [0.5, 0.6) is 0 Å². The van der Waals surface area contributed by atoms with Crippen molar-refractivity contribution < 1.29 is 0 Å². The van der Waals surface area contributed by atoms with E-state index in [0.717, 1.165) is 40.5 Å². The summed E-state index contributed by atoms with van der Waals surface area (Å²) in [4.78, 5) is 15.2. The number of aromatic nitrogens is 3. The molecule has 0 atom stereocenters. The molecule has 106 valence electrons. The number of hydrogen-bond donors (Lipinski definition) is 1. The molecule has 0 aliphatic rings. The van der Waals surface area contributed by atoms with Crippen LogP contribution in [0.25, 0.3) is 11.3 Å².